The Balaban J connectivity index is 2.17. The van der Waals surface area contributed by atoms with Gasteiger partial charge in [0.2, 0.25) is 0 Å². The van der Waals surface area contributed by atoms with Crippen LogP contribution in [-0.2, 0) is 10.8 Å². The van der Waals surface area contributed by atoms with E-state index in [9.17, 15) is 0 Å². The largest absolute Gasteiger partial charge is 0.361 e. The van der Waals surface area contributed by atoms with Gasteiger partial charge in [0.05, 0.1) is 11.4 Å². The van der Waals surface area contributed by atoms with Gasteiger partial charge in [0.15, 0.2) is 0 Å². The molecule has 0 unspecified atom stereocenters. The lowest BCUT2D eigenvalue weighted by molar-refractivity contribution is 0.518. The number of rotatable bonds is 1. The van der Waals surface area contributed by atoms with Crippen molar-refractivity contribution in [1.29, 1.82) is 0 Å². The fourth-order valence-electron chi connectivity index (χ4n) is 2.79. The normalized spacial score (nSPS) is 13.0. The summed E-state index contributed by atoms with van der Waals surface area (Å²) in [5.41, 5.74) is 4.87. The number of benzene rings is 1. The maximum Gasteiger partial charge on any atom is 0.0719 e. The number of H-pyrrole nitrogens is 1. The number of aromatic amines is 1. The van der Waals surface area contributed by atoms with Crippen LogP contribution in [0, 0.1) is 0 Å². The predicted octanol–water partition coefficient (Wildman–Crippen LogP) is 4.95. The van der Waals surface area contributed by atoms with Gasteiger partial charge in [0.25, 0.3) is 0 Å². The topological polar surface area (TPSA) is 33.6 Å². The first-order valence-corrected chi connectivity index (χ1v) is 7.84. The summed E-state index contributed by atoms with van der Waals surface area (Å²) in [6, 6.07) is 8.50. The van der Waals surface area contributed by atoms with E-state index < -0.39 is 0 Å². The molecule has 3 heteroatoms. The monoisotopic (exact) mass is 295 g/mol. The molecular weight excluding hydrogens is 270 g/mol. The molecule has 2 heterocycles. The summed E-state index contributed by atoms with van der Waals surface area (Å²) < 4.78 is 2.02. The molecule has 3 nitrogen and oxygen atoms in total. The van der Waals surface area contributed by atoms with E-state index in [4.69, 9.17) is 5.10 Å². The smallest absolute Gasteiger partial charge is 0.0719 e. The number of nitrogens with zero attached hydrogens (tertiary/aromatic N) is 2. The molecule has 3 aromatic rings. The Morgan fingerprint density at radius 3 is 2.27 bits per heavy atom. The standard InChI is InChI=1S/C19H25N3/c1-18(2,3)15-12-22(21-17(15)19(4,5)6)14-7-8-16-13(11-14)9-10-20-16/h7-12,20H,1-6H3. The minimum absolute atomic E-state index is 0.0338. The molecule has 0 atom stereocenters. The molecule has 0 saturated heterocycles. The predicted molar refractivity (Wildman–Crippen MR) is 92.8 cm³/mol. The van der Waals surface area contributed by atoms with Crippen molar-refractivity contribution < 1.29 is 0 Å². The summed E-state index contributed by atoms with van der Waals surface area (Å²) in [5, 5.41) is 6.13. The lowest BCUT2D eigenvalue weighted by atomic mass is 9.80. The van der Waals surface area contributed by atoms with Crippen LogP contribution < -0.4 is 0 Å². The number of aromatic nitrogens is 3. The van der Waals surface area contributed by atoms with Gasteiger partial charge in [-0.15, -0.1) is 0 Å². The summed E-state index contributed by atoms with van der Waals surface area (Å²) in [6.45, 7) is 13.4. The first-order valence-electron chi connectivity index (χ1n) is 7.84. The molecule has 116 valence electrons. The number of nitrogens with one attached hydrogen (secondary N) is 1. The van der Waals surface area contributed by atoms with Crippen LogP contribution in [0.2, 0.25) is 0 Å². The van der Waals surface area contributed by atoms with Crippen molar-refractivity contribution in [3.8, 4) is 5.69 Å². The van der Waals surface area contributed by atoms with Crippen molar-refractivity contribution in [2.24, 2.45) is 0 Å². The molecule has 0 radical (unpaired) electrons. The van der Waals surface area contributed by atoms with Crippen LogP contribution in [0.1, 0.15) is 52.8 Å². The second kappa shape index (κ2) is 4.73. The Labute approximate surface area is 132 Å². The maximum atomic E-state index is 4.92. The van der Waals surface area contributed by atoms with Crippen molar-refractivity contribution in [2.75, 3.05) is 0 Å². The zero-order valence-electron chi connectivity index (χ0n) is 14.4. The van der Waals surface area contributed by atoms with Gasteiger partial charge in [-0.05, 0) is 35.2 Å². The zero-order valence-corrected chi connectivity index (χ0v) is 14.4. The van der Waals surface area contributed by atoms with Gasteiger partial charge in [-0.2, -0.15) is 5.10 Å². The number of hydrogen-bond donors (Lipinski definition) is 1. The van der Waals surface area contributed by atoms with E-state index in [1.165, 1.54) is 16.6 Å². The third kappa shape index (κ3) is 2.56. The minimum Gasteiger partial charge on any atom is -0.361 e. The van der Waals surface area contributed by atoms with Crippen LogP contribution in [0.15, 0.2) is 36.7 Å². The highest BCUT2D eigenvalue weighted by atomic mass is 15.3. The van der Waals surface area contributed by atoms with Crippen LogP contribution in [0.4, 0.5) is 0 Å². The number of fused-ring (bicyclic) bond motifs is 1. The van der Waals surface area contributed by atoms with Crippen molar-refractivity contribution in [3.05, 3.63) is 47.9 Å². The van der Waals surface area contributed by atoms with Gasteiger partial charge < -0.3 is 4.98 Å². The summed E-state index contributed by atoms with van der Waals surface area (Å²) in [4.78, 5) is 3.23. The molecule has 0 saturated carbocycles. The van der Waals surface area contributed by atoms with Gasteiger partial charge in [-0.1, -0.05) is 41.5 Å². The van der Waals surface area contributed by atoms with E-state index in [0.717, 1.165) is 11.2 Å². The van der Waals surface area contributed by atoms with Crippen LogP contribution in [-0.4, -0.2) is 14.8 Å². The van der Waals surface area contributed by atoms with Crippen molar-refractivity contribution in [3.63, 3.8) is 0 Å². The molecule has 1 N–H and O–H groups in total. The molecule has 0 bridgehead atoms. The van der Waals surface area contributed by atoms with Crippen LogP contribution >= 0.6 is 0 Å². The molecule has 2 aromatic heterocycles. The van der Waals surface area contributed by atoms with Gasteiger partial charge in [-0.3, -0.25) is 0 Å². The Morgan fingerprint density at radius 2 is 1.68 bits per heavy atom. The Hall–Kier alpha value is -2.03. The van der Waals surface area contributed by atoms with Crippen molar-refractivity contribution in [1.82, 2.24) is 14.8 Å². The molecule has 0 aliphatic rings. The van der Waals surface area contributed by atoms with Crippen LogP contribution in [0.25, 0.3) is 16.6 Å². The zero-order chi connectivity index (χ0) is 16.1. The fourth-order valence-corrected chi connectivity index (χ4v) is 2.79. The molecular formula is C19H25N3. The molecule has 3 rings (SSSR count). The van der Waals surface area contributed by atoms with E-state index in [2.05, 4.69) is 77.0 Å². The summed E-state index contributed by atoms with van der Waals surface area (Å²) >= 11 is 0. The summed E-state index contributed by atoms with van der Waals surface area (Å²) in [6.07, 6.45) is 4.16. The Bertz CT molecular complexity index is 776. The Morgan fingerprint density at radius 1 is 0.955 bits per heavy atom. The van der Waals surface area contributed by atoms with Gasteiger partial charge in [0, 0.05) is 28.7 Å². The average Bonchev–Trinajstić information content (AvgIpc) is 3.03. The first kappa shape index (κ1) is 14.9. The second-order valence-corrected chi connectivity index (χ2v) is 8.09. The molecule has 0 spiro atoms. The quantitative estimate of drug-likeness (QED) is 0.677. The third-order valence-electron chi connectivity index (χ3n) is 4.03. The van der Waals surface area contributed by atoms with Crippen LogP contribution in [0.5, 0.6) is 0 Å². The van der Waals surface area contributed by atoms with Crippen molar-refractivity contribution in [2.45, 2.75) is 52.4 Å². The minimum atomic E-state index is 0.0338. The molecule has 0 aliphatic heterocycles. The van der Waals surface area contributed by atoms with E-state index in [-0.39, 0.29) is 10.8 Å². The molecule has 1 aromatic carbocycles. The Kier molecular flexibility index (Phi) is 3.20. The average molecular weight is 295 g/mol. The maximum absolute atomic E-state index is 4.92. The second-order valence-electron chi connectivity index (χ2n) is 8.09. The van der Waals surface area contributed by atoms with E-state index in [1.807, 2.05) is 10.9 Å². The highest BCUT2D eigenvalue weighted by Gasteiger charge is 2.29. The lowest BCUT2D eigenvalue weighted by Crippen LogP contribution is -2.20. The van der Waals surface area contributed by atoms with Gasteiger partial charge in [0.1, 0.15) is 0 Å². The number of hydrogen-bond acceptors (Lipinski definition) is 1. The lowest BCUT2D eigenvalue weighted by Gasteiger charge is -2.24. The molecule has 0 amide bonds. The van der Waals surface area contributed by atoms with Gasteiger partial charge >= 0.3 is 0 Å². The van der Waals surface area contributed by atoms with Gasteiger partial charge in [-0.25, -0.2) is 4.68 Å². The first-order chi connectivity index (χ1) is 10.2. The SMILES string of the molecule is CC(C)(C)c1cn(-c2ccc3[nH]ccc3c2)nc1C(C)(C)C. The molecule has 0 aliphatic carbocycles. The van der Waals surface area contributed by atoms with E-state index in [0.29, 0.717) is 0 Å². The highest BCUT2D eigenvalue weighted by molar-refractivity contribution is 5.81. The fraction of sp³-hybridized carbons (Fsp3) is 0.421. The van der Waals surface area contributed by atoms with E-state index >= 15 is 0 Å². The molecule has 0 fully saturated rings. The highest BCUT2D eigenvalue weighted by Crippen LogP contribution is 2.33. The third-order valence-corrected chi connectivity index (χ3v) is 4.03. The van der Waals surface area contributed by atoms with Crippen LogP contribution in [0.3, 0.4) is 0 Å². The van der Waals surface area contributed by atoms with E-state index in [1.54, 1.807) is 0 Å². The van der Waals surface area contributed by atoms with Crippen molar-refractivity contribution >= 4 is 10.9 Å². The molecule has 22 heavy (non-hydrogen) atoms. The summed E-state index contributed by atoms with van der Waals surface area (Å²) in [7, 11) is 0. The summed E-state index contributed by atoms with van der Waals surface area (Å²) in [5.74, 6) is 0.